The lowest BCUT2D eigenvalue weighted by atomic mass is 9.51. The molecule has 108 valence electrons. The number of hydrogen-bond acceptors (Lipinski definition) is 2. The van der Waals surface area contributed by atoms with Crippen LogP contribution in [0.3, 0.4) is 0 Å². The summed E-state index contributed by atoms with van der Waals surface area (Å²) >= 11 is 0. The average molecular weight is 271 g/mol. The molecule has 4 aliphatic rings. The zero-order valence-corrected chi connectivity index (χ0v) is 12.1. The molecule has 0 radical (unpaired) electrons. The van der Waals surface area contributed by atoms with Crippen LogP contribution in [-0.4, -0.2) is 13.2 Å². The SMILES string of the molecule is NCCOc1ccc(C2C3CC4CC(C3)CC2C4)cc1. The highest BCUT2D eigenvalue weighted by Gasteiger charge is 2.48. The highest BCUT2D eigenvalue weighted by molar-refractivity contribution is 5.31. The van der Waals surface area contributed by atoms with E-state index in [1.165, 1.54) is 32.1 Å². The molecule has 2 nitrogen and oxygen atoms in total. The van der Waals surface area contributed by atoms with Crippen molar-refractivity contribution < 1.29 is 4.74 Å². The number of nitrogens with two attached hydrogens (primary N) is 1. The Balaban J connectivity index is 1.52. The van der Waals surface area contributed by atoms with Gasteiger partial charge in [0.25, 0.3) is 0 Å². The van der Waals surface area contributed by atoms with Gasteiger partial charge in [-0.15, -0.1) is 0 Å². The summed E-state index contributed by atoms with van der Waals surface area (Å²) in [6, 6.07) is 8.88. The van der Waals surface area contributed by atoms with Gasteiger partial charge < -0.3 is 10.5 Å². The van der Waals surface area contributed by atoms with E-state index in [2.05, 4.69) is 24.3 Å². The van der Waals surface area contributed by atoms with Crippen LogP contribution in [0.1, 0.15) is 43.6 Å². The monoisotopic (exact) mass is 271 g/mol. The minimum Gasteiger partial charge on any atom is -0.492 e. The Kier molecular flexibility index (Phi) is 3.22. The fourth-order valence-corrected chi connectivity index (χ4v) is 5.43. The molecule has 4 fully saturated rings. The molecule has 4 bridgehead atoms. The second kappa shape index (κ2) is 5.07. The van der Waals surface area contributed by atoms with Crippen LogP contribution >= 0.6 is 0 Å². The van der Waals surface area contributed by atoms with Crippen molar-refractivity contribution in [1.82, 2.24) is 0 Å². The Hall–Kier alpha value is -1.02. The molecule has 0 aromatic heterocycles. The van der Waals surface area contributed by atoms with Crippen LogP contribution in [0.15, 0.2) is 24.3 Å². The van der Waals surface area contributed by atoms with Gasteiger partial charge in [-0.3, -0.25) is 0 Å². The van der Waals surface area contributed by atoms with Crippen LogP contribution in [-0.2, 0) is 0 Å². The average Bonchev–Trinajstić information content (AvgIpc) is 2.45. The van der Waals surface area contributed by atoms with E-state index >= 15 is 0 Å². The van der Waals surface area contributed by atoms with Crippen LogP contribution < -0.4 is 10.5 Å². The third kappa shape index (κ3) is 2.14. The minimum atomic E-state index is 0.581. The zero-order valence-electron chi connectivity index (χ0n) is 12.1. The van der Waals surface area contributed by atoms with Crippen molar-refractivity contribution in [2.24, 2.45) is 29.4 Å². The molecule has 4 aliphatic carbocycles. The summed E-state index contributed by atoms with van der Waals surface area (Å²) < 4.78 is 5.59. The second-order valence-corrected chi connectivity index (χ2v) is 7.16. The van der Waals surface area contributed by atoms with Gasteiger partial charge in [-0.05, 0) is 79.4 Å². The molecule has 1 aromatic carbocycles. The second-order valence-electron chi connectivity index (χ2n) is 7.16. The van der Waals surface area contributed by atoms with Gasteiger partial charge in [-0.2, -0.15) is 0 Å². The van der Waals surface area contributed by atoms with Crippen molar-refractivity contribution in [2.45, 2.75) is 38.0 Å². The molecule has 0 amide bonds. The summed E-state index contributed by atoms with van der Waals surface area (Å²) in [7, 11) is 0. The van der Waals surface area contributed by atoms with Crippen molar-refractivity contribution in [3.63, 3.8) is 0 Å². The molecule has 0 aliphatic heterocycles. The molecule has 0 saturated heterocycles. The summed E-state index contributed by atoms with van der Waals surface area (Å²) in [4.78, 5) is 0. The largest absolute Gasteiger partial charge is 0.492 e. The highest BCUT2D eigenvalue weighted by atomic mass is 16.5. The van der Waals surface area contributed by atoms with E-state index < -0.39 is 0 Å². The molecule has 2 heteroatoms. The minimum absolute atomic E-state index is 0.581. The molecule has 0 atom stereocenters. The standard InChI is InChI=1S/C18H25NO/c19-5-6-20-17-3-1-14(2-4-17)18-15-8-12-7-13(10-15)11-16(18)9-12/h1-4,12-13,15-16,18H,5-11,19H2. The molecule has 2 N–H and O–H groups in total. The van der Waals surface area contributed by atoms with Crippen LogP contribution in [0.25, 0.3) is 0 Å². The van der Waals surface area contributed by atoms with E-state index in [1.807, 2.05) is 0 Å². The first-order valence-electron chi connectivity index (χ1n) is 8.26. The maximum absolute atomic E-state index is 5.59. The lowest BCUT2D eigenvalue weighted by molar-refractivity contribution is -0.00279. The molecule has 20 heavy (non-hydrogen) atoms. The lowest BCUT2D eigenvalue weighted by Gasteiger charge is -2.54. The fraction of sp³-hybridized carbons (Fsp3) is 0.667. The first-order valence-corrected chi connectivity index (χ1v) is 8.26. The highest BCUT2D eigenvalue weighted by Crippen LogP contribution is 2.59. The first-order chi connectivity index (χ1) is 9.83. The summed E-state index contributed by atoms with van der Waals surface area (Å²) in [5, 5.41) is 0. The third-order valence-corrected chi connectivity index (χ3v) is 5.88. The molecular formula is C18H25NO. The molecule has 0 spiro atoms. The predicted octanol–water partition coefficient (Wildman–Crippen LogP) is 3.56. The van der Waals surface area contributed by atoms with Crippen molar-refractivity contribution in [2.75, 3.05) is 13.2 Å². The van der Waals surface area contributed by atoms with E-state index in [1.54, 1.807) is 5.56 Å². The van der Waals surface area contributed by atoms with Gasteiger partial charge >= 0.3 is 0 Å². The van der Waals surface area contributed by atoms with E-state index in [4.69, 9.17) is 10.5 Å². The number of ether oxygens (including phenoxy) is 1. The van der Waals surface area contributed by atoms with Gasteiger partial charge in [0.15, 0.2) is 0 Å². The molecule has 1 aromatic rings. The normalized spacial score (nSPS) is 38.1. The zero-order chi connectivity index (χ0) is 13.5. The molecular weight excluding hydrogens is 246 g/mol. The Morgan fingerprint density at radius 3 is 2.05 bits per heavy atom. The third-order valence-electron chi connectivity index (χ3n) is 5.88. The summed E-state index contributed by atoms with van der Waals surface area (Å²) in [5.41, 5.74) is 7.03. The van der Waals surface area contributed by atoms with Crippen LogP contribution in [0.2, 0.25) is 0 Å². The van der Waals surface area contributed by atoms with Crippen molar-refractivity contribution in [3.8, 4) is 5.75 Å². The van der Waals surface area contributed by atoms with Gasteiger partial charge in [0.2, 0.25) is 0 Å². The number of rotatable bonds is 4. The number of hydrogen-bond donors (Lipinski definition) is 1. The van der Waals surface area contributed by atoms with Gasteiger partial charge in [0.1, 0.15) is 12.4 Å². The Bertz CT molecular complexity index is 439. The topological polar surface area (TPSA) is 35.2 Å². The Morgan fingerprint density at radius 2 is 1.50 bits per heavy atom. The molecule has 5 rings (SSSR count). The Morgan fingerprint density at radius 1 is 0.900 bits per heavy atom. The maximum Gasteiger partial charge on any atom is 0.119 e. The van der Waals surface area contributed by atoms with Gasteiger partial charge in [-0.1, -0.05) is 12.1 Å². The van der Waals surface area contributed by atoms with E-state index in [-0.39, 0.29) is 0 Å². The van der Waals surface area contributed by atoms with Gasteiger partial charge in [0, 0.05) is 6.54 Å². The fourth-order valence-electron chi connectivity index (χ4n) is 5.43. The molecule has 4 saturated carbocycles. The van der Waals surface area contributed by atoms with E-state index in [9.17, 15) is 0 Å². The van der Waals surface area contributed by atoms with Gasteiger partial charge in [0.05, 0.1) is 0 Å². The van der Waals surface area contributed by atoms with E-state index in [0.29, 0.717) is 13.2 Å². The van der Waals surface area contributed by atoms with Gasteiger partial charge in [-0.25, -0.2) is 0 Å². The van der Waals surface area contributed by atoms with E-state index in [0.717, 1.165) is 35.3 Å². The predicted molar refractivity (Wildman–Crippen MR) is 80.8 cm³/mol. The van der Waals surface area contributed by atoms with Crippen LogP contribution in [0, 0.1) is 23.7 Å². The summed E-state index contributed by atoms with van der Waals surface area (Å²) in [6.45, 7) is 1.19. The smallest absolute Gasteiger partial charge is 0.119 e. The van der Waals surface area contributed by atoms with Crippen molar-refractivity contribution >= 4 is 0 Å². The summed E-state index contributed by atoms with van der Waals surface area (Å²) in [6.07, 6.45) is 7.49. The summed E-state index contributed by atoms with van der Waals surface area (Å²) in [5.74, 6) is 5.82. The van der Waals surface area contributed by atoms with Crippen LogP contribution in [0.4, 0.5) is 0 Å². The maximum atomic E-state index is 5.59. The number of benzene rings is 1. The molecule has 0 heterocycles. The first kappa shape index (κ1) is 12.7. The Labute approximate surface area is 121 Å². The van der Waals surface area contributed by atoms with Crippen molar-refractivity contribution in [3.05, 3.63) is 29.8 Å². The van der Waals surface area contributed by atoms with Crippen molar-refractivity contribution in [1.29, 1.82) is 0 Å². The molecule has 0 unspecified atom stereocenters. The lowest BCUT2D eigenvalue weighted by Crippen LogP contribution is -2.43. The van der Waals surface area contributed by atoms with Crippen LogP contribution in [0.5, 0.6) is 5.75 Å². The quantitative estimate of drug-likeness (QED) is 0.908.